The van der Waals surface area contributed by atoms with Gasteiger partial charge in [-0.15, -0.1) is 0 Å². The molecule has 0 unspecified atom stereocenters. The molecular weight excluding hydrogens is 428 g/mol. The number of ether oxygens (including phenoxy) is 2. The lowest BCUT2D eigenvalue weighted by molar-refractivity contribution is -0.109. The normalized spacial score (nSPS) is 27.6. The Balaban J connectivity index is 1.50. The maximum absolute atomic E-state index is 12.5. The highest BCUT2D eigenvalue weighted by Crippen LogP contribution is 2.38. The van der Waals surface area contributed by atoms with Crippen LogP contribution in [0, 0.1) is 0 Å². The summed E-state index contributed by atoms with van der Waals surface area (Å²) in [5, 5.41) is 3.06. The van der Waals surface area contributed by atoms with Gasteiger partial charge in [-0.1, -0.05) is 25.1 Å². The molecule has 3 rings (SSSR count). The molecule has 2 aliphatic rings. The number of para-hydroxylation sites is 1. The van der Waals surface area contributed by atoms with Gasteiger partial charge in [-0.05, 0) is 76.0 Å². The average Bonchev–Trinajstić information content (AvgIpc) is 2.82. The molecule has 0 radical (unpaired) electrons. The molecule has 0 amide bonds. The average molecular weight is 467 g/mol. The Labute approximate surface area is 192 Å². The number of aldehydes is 1. The number of piperidine rings is 1. The van der Waals surface area contributed by atoms with E-state index in [9.17, 15) is 13.2 Å². The van der Waals surface area contributed by atoms with E-state index in [1.165, 1.54) is 5.56 Å². The fourth-order valence-electron chi connectivity index (χ4n) is 4.67. The number of carbonyl (C=O) groups excluding carboxylic acids is 1. The van der Waals surface area contributed by atoms with E-state index in [1.807, 2.05) is 25.1 Å². The van der Waals surface area contributed by atoms with Gasteiger partial charge in [-0.3, -0.25) is 4.79 Å². The van der Waals surface area contributed by atoms with Crippen LogP contribution in [0.3, 0.4) is 0 Å². The van der Waals surface area contributed by atoms with Crippen LogP contribution in [-0.2, 0) is 19.6 Å². The second kappa shape index (κ2) is 12.1. The first kappa shape index (κ1) is 25.1. The van der Waals surface area contributed by atoms with Crippen molar-refractivity contribution in [3.63, 3.8) is 0 Å². The molecular formula is C24H38N2O5S. The van der Waals surface area contributed by atoms with Gasteiger partial charge in [-0.25, -0.2) is 13.1 Å². The number of benzene rings is 1. The lowest BCUT2D eigenvalue weighted by Crippen LogP contribution is -2.56. The minimum atomic E-state index is -3.31. The second-order valence-electron chi connectivity index (χ2n) is 9.01. The van der Waals surface area contributed by atoms with Gasteiger partial charge in [0.2, 0.25) is 10.0 Å². The van der Waals surface area contributed by atoms with Crippen molar-refractivity contribution in [2.45, 2.75) is 88.1 Å². The molecule has 1 aromatic carbocycles. The van der Waals surface area contributed by atoms with E-state index in [0.29, 0.717) is 18.9 Å². The summed E-state index contributed by atoms with van der Waals surface area (Å²) in [7, 11) is -3.31. The van der Waals surface area contributed by atoms with Gasteiger partial charge in [0, 0.05) is 12.1 Å². The number of nitrogens with one attached hydrogen (secondary N) is 2. The highest BCUT2D eigenvalue weighted by atomic mass is 32.2. The van der Waals surface area contributed by atoms with Crippen molar-refractivity contribution in [1.29, 1.82) is 0 Å². The first-order valence-corrected chi connectivity index (χ1v) is 13.5. The summed E-state index contributed by atoms with van der Waals surface area (Å²) >= 11 is 0. The van der Waals surface area contributed by atoms with Crippen LogP contribution in [0.1, 0.15) is 70.3 Å². The molecule has 1 heterocycles. The maximum atomic E-state index is 12.5. The topological polar surface area (TPSA) is 93.7 Å². The van der Waals surface area contributed by atoms with E-state index in [-0.39, 0.29) is 30.0 Å². The van der Waals surface area contributed by atoms with E-state index in [0.717, 1.165) is 57.1 Å². The van der Waals surface area contributed by atoms with E-state index in [4.69, 9.17) is 9.47 Å². The lowest BCUT2D eigenvalue weighted by atomic mass is 9.82. The van der Waals surface area contributed by atoms with Crippen LogP contribution in [0.15, 0.2) is 24.3 Å². The Bertz CT molecular complexity index is 823. The van der Waals surface area contributed by atoms with Gasteiger partial charge in [0.05, 0.1) is 18.0 Å². The second-order valence-corrected chi connectivity index (χ2v) is 11.1. The van der Waals surface area contributed by atoms with E-state index >= 15 is 0 Å². The lowest BCUT2D eigenvalue weighted by Gasteiger charge is -2.36. The Morgan fingerprint density at radius 2 is 1.94 bits per heavy atom. The summed E-state index contributed by atoms with van der Waals surface area (Å²) < 4.78 is 39.9. The Morgan fingerprint density at radius 3 is 2.66 bits per heavy atom. The van der Waals surface area contributed by atoms with Crippen molar-refractivity contribution < 1.29 is 22.7 Å². The molecule has 1 aromatic rings. The first-order chi connectivity index (χ1) is 15.4. The number of carbonyl (C=O) groups is 1. The number of rotatable bonds is 11. The van der Waals surface area contributed by atoms with Crippen molar-refractivity contribution in [2.75, 3.05) is 19.8 Å². The molecule has 0 spiro atoms. The van der Waals surface area contributed by atoms with Gasteiger partial charge >= 0.3 is 0 Å². The molecule has 7 nitrogen and oxygen atoms in total. The number of sulfonamides is 1. The van der Waals surface area contributed by atoms with Crippen LogP contribution in [0.25, 0.3) is 0 Å². The third-order valence-electron chi connectivity index (χ3n) is 6.86. The van der Waals surface area contributed by atoms with Gasteiger partial charge in [0.25, 0.3) is 0 Å². The standard InChI is InChI=1S/C24H38N2O5S/c1-3-18(2)32(28,29)26-22-8-6-14-25-23(22)17-31-20-12-10-19(11-13-20)21-7-4-5-9-24(21)30-16-15-27/h4-5,7,9,15,18-20,22-23,25-26H,3,6,8,10-14,16-17H2,1-2H3/t18-,19?,20?,22+,23+/m1/s1. The van der Waals surface area contributed by atoms with Crippen molar-refractivity contribution in [2.24, 2.45) is 0 Å². The van der Waals surface area contributed by atoms with Crippen LogP contribution in [0.2, 0.25) is 0 Å². The molecule has 0 aromatic heterocycles. The molecule has 180 valence electrons. The van der Waals surface area contributed by atoms with Crippen LogP contribution in [-0.4, -0.2) is 57.9 Å². The molecule has 8 heteroatoms. The molecule has 32 heavy (non-hydrogen) atoms. The summed E-state index contributed by atoms with van der Waals surface area (Å²) in [4.78, 5) is 10.7. The maximum Gasteiger partial charge on any atom is 0.214 e. The summed E-state index contributed by atoms with van der Waals surface area (Å²) in [5.74, 6) is 1.20. The van der Waals surface area contributed by atoms with Gasteiger partial charge in [0.1, 0.15) is 12.4 Å². The van der Waals surface area contributed by atoms with E-state index in [1.54, 1.807) is 6.92 Å². The van der Waals surface area contributed by atoms with Crippen molar-refractivity contribution >= 4 is 16.3 Å². The quantitative estimate of drug-likeness (QED) is 0.487. The summed E-state index contributed by atoms with van der Waals surface area (Å²) in [5.41, 5.74) is 1.17. The van der Waals surface area contributed by atoms with Crippen molar-refractivity contribution in [3.8, 4) is 5.75 Å². The van der Waals surface area contributed by atoms with Gasteiger partial charge < -0.3 is 14.8 Å². The zero-order valence-electron chi connectivity index (χ0n) is 19.3. The smallest absolute Gasteiger partial charge is 0.214 e. The Hall–Kier alpha value is -1.48. The highest BCUT2D eigenvalue weighted by Gasteiger charge is 2.32. The summed E-state index contributed by atoms with van der Waals surface area (Å²) in [6.45, 7) is 5.13. The largest absolute Gasteiger partial charge is 0.486 e. The van der Waals surface area contributed by atoms with Crippen LogP contribution < -0.4 is 14.8 Å². The minimum Gasteiger partial charge on any atom is -0.486 e. The van der Waals surface area contributed by atoms with Gasteiger partial charge in [-0.2, -0.15) is 0 Å². The van der Waals surface area contributed by atoms with E-state index in [2.05, 4.69) is 16.1 Å². The number of hydrogen-bond acceptors (Lipinski definition) is 6. The monoisotopic (exact) mass is 466 g/mol. The third-order valence-corrected chi connectivity index (χ3v) is 8.88. The zero-order valence-corrected chi connectivity index (χ0v) is 20.1. The fourth-order valence-corrected chi connectivity index (χ4v) is 6.04. The fraction of sp³-hybridized carbons (Fsp3) is 0.708. The molecule has 2 fully saturated rings. The third kappa shape index (κ3) is 6.76. The molecule has 2 N–H and O–H groups in total. The van der Waals surface area contributed by atoms with Crippen molar-refractivity contribution in [3.05, 3.63) is 29.8 Å². The predicted octanol–water partition coefficient (Wildman–Crippen LogP) is 3.15. The first-order valence-electron chi connectivity index (χ1n) is 12.0. The molecule has 1 saturated carbocycles. The van der Waals surface area contributed by atoms with Crippen LogP contribution >= 0.6 is 0 Å². The molecule has 1 saturated heterocycles. The summed E-state index contributed by atoms with van der Waals surface area (Å²) in [6, 6.07) is 7.84. The summed E-state index contributed by atoms with van der Waals surface area (Å²) in [6.07, 6.45) is 7.29. The highest BCUT2D eigenvalue weighted by molar-refractivity contribution is 7.90. The van der Waals surface area contributed by atoms with Crippen molar-refractivity contribution in [1.82, 2.24) is 10.0 Å². The minimum absolute atomic E-state index is 0.00206. The zero-order chi connectivity index (χ0) is 23.0. The van der Waals surface area contributed by atoms with Gasteiger partial charge in [0.15, 0.2) is 6.29 Å². The molecule has 3 atom stereocenters. The molecule has 1 aliphatic carbocycles. The Kier molecular flexibility index (Phi) is 9.52. The SMILES string of the molecule is CC[C@@H](C)S(=O)(=O)N[C@H]1CCCN[C@H]1COC1CCC(c2ccccc2OCC=O)CC1. The van der Waals surface area contributed by atoms with Crippen LogP contribution in [0.4, 0.5) is 0 Å². The predicted molar refractivity (Wildman–Crippen MR) is 126 cm³/mol. The number of hydrogen-bond donors (Lipinski definition) is 2. The molecule has 0 bridgehead atoms. The van der Waals surface area contributed by atoms with E-state index < -0.39 is 10.0 Å². The van der Waals surface area contributed by atoms with Crippen LogP contribution in [0.5, 0.6) is 5.75 Å². The Morgan fingerprint density at radius 1 is 1.19 bits per heavy atom. The molecule has 1 aliphatic heterocycles.